The zero-order chi connectivity index (χ0) is 14.0. The number of hydrogen-bond acceptors (Lipinski definition) is 2. The molecule has 0 bridgehead atoms. The monoisotopic (exact) mass is 254 g/mol. The van der Waals surface area contributed by atoms with Gasteiger partial charge < -0.3 is 0 Å². The molecule has 0 spiro atoms. The van der Waals surface area contributed by atoms with Gasteiger partial charge in [-0.2, -0.15) is 0 Å². The molecule has 0 aliphatic heterocycles. The van der Waals surface area contributed by atoms with Gasteiger partial charge in [0.1, 0.15) is 11.6 Å². The number of unbranched alkanes of at least 4 members (excludes halogenated alkanes) is 4. The molecule has 0 unspecified atom stereocenters. The lowest BCUT2D eigenvalue weighted by molar-refractivity contribution is -0.133. The normalized spacial score (nSPS) is 11.6. The van der Waals surface area contributed by atoms with Gasteiger partial charge in [0.15, 0.2) is 0 Å². The highest BCUT2D eigenvalue weighted by molar-refractivity contribution is 6.00. The van der Waals surface area contributed by atoms with Gasteiger partial charge >= 0.3 is 0 Å². The molecule has 0 atom stereocenters. The fourth-order valence-electron chi connectivity index (χ4n) is 2.37. The Balaban J connectivity index is 4.45. The molecule has 2 nitrogen and oxygen atoms in total. The molecule has 106 valence electrons. The summed E-state index contributed by atoms with van der Waals surface area (Å²) in [6.45, 7) is 7.91. The predicted octanol–water partition coefficient (Wildman–Crippen LogP) is 4.70. The van der Waals surface area contributed by atoms with Gasteiger partial charge in [-0.1, -0.05) is 59.3 Å². The molecule has 0 aromatic heterocycles. The zero-order valence-corrected chi connectivity index (χ0v) is 12.7. The topological polar surface area (TPSA) is 34.1 Å². The summed E-state index contributed by atoms with van der Waals surface area (Å²) in [5.74, 6) is 0.152. The summed E-state index contributed by atoms with van der Waals surface area (Å²) in [5, 5.41) is 0. The lowest BCUT2D eigenvalue weighted by Gasteiger charge is -2.28. The second-order valence-corrected chi connectivity index (χ2v) is 5.78. The Morgan fingerprint density at radius 2 is 1.33 bits per heavy atom. The largest absolute Gasteiger partial charge is 0.300 e. The van der Waals surface area contributed by atoms with Crippen LogP contribution in [0.3, 0.4) is 0 Å². The van der Waals surface area contributed by atoms with E-state index < -0.39 is 0 Å². The Morgan fingerprint density at radius 3 is 1.67 bits per heavy atom. The molecular formula is C16H30O2. The summed E-state index contributed by atoms with van der Waals surface area (Å²) < 4.78 is 0. The minimum absolute atomic E-state index is 0.00259. The molecular weight excluding hydrogens is 224 g/mol. The van der Waals surface area contributed by atoms with Crippen LogP contribution < -0.4 is 0 Å². The molecule has 0 saturated carbocycles. The van der Waals surface area contributed by atoms with E-state index in [1.165, 1.54) is 32.6 Å². The maximum absolute atomic E-state index is 12.2. The fraction of sp³-hybridized carbons (Fsp3) is 0.875. The molecule has 0 saturated heterocycles. The third-order valence-corrected chi connectivity index (χ3v) is 3.75. The maximum atomic E-state index is 12.2. The van der Waals surface area contributed by atoms with Crippen molar-refractivity contribution in [3.63, 3.8) is 0 Å². The number of hydrogen-bond donors (Lipinski definition) is 0. The van der Waals surface area contributed by atoms with Crippen LogP contribution in [0.2, 0.25) is 0 Å². The third kappa shape index (κ3) is 6.93. The Hall–Kier alpha value is -0.660. The summed E-state index contributed by atoms with van der Waals surface area (Å²) in [6, 6.07) is 0. The average Bonchev–Trinajstić information content (AvgIpc) is 2.29. The van der Waals surface area contributed by atoms with Crippen molar-refractivity contribution in [2.75, 3.05) is 0 Å². The van der Waals surface area contributed by atoms with Gasteiger partial charge in [-0.25, -0.2) is 0 Å². The van der Waals surface area contributed by atoms with Gasteiger partial charge in [-0.05, 0) is 19.8 Å². The molecule has 0 N–H and O–H groups in total. The SMILES string of the molecule is CCCCCC(C)(CCCCC)C(=O)CC(C)=O. The third-order valence-electron chi connectivity index (χ3n) is 3.75. The maximum Gasteiger partial charge on any atom is 0.146 e. The molecule has 0 aromatic carbocycles. The van der Waals surface area contributed by atoms with Crippen molar-refractivity contribution in [2.45, 2.75) is 85.5 Å². The average molecular weight is 254 g/mol. The first-order chi connectivity index (χ1) is 8.46. The van der Waals surface area contributed by atoms with Crippen LogP contribution in [-0.4, -0.2) is 11.6 Å². The van der Waals surface area contributed by atoms with E-state index in [0.717, 1.165) is 25.7 Å². The van der Waals surface area contributed by atoms with Gasteiger partial charge in [0.05, 0.1) is 6.42 Å². The molecule has 0 aliphatic carbocycles. The summed E-state index contributed by atoms with van der Waals surface area (Å²) >= 11 is 0. The van der Waals surface area contributed by atoms with E-state index in [0.29, 0.717) is 0 Å². The van der Waals surface area contributed by atoms with Gasteiger partial charge in [0.2, 0.25) is 0 Å². The second kappa shape index (κ2) is 9.29. The first kappa shape index (κ1) is 17.3. The van der Waals surface area contributed by atoms with Crippen molar-refractivity contribution in [1.29, 1.82) is 0 Å². The van der Waals surface area contributed by atoms with Crippen molar-refractivity contribution < 1.29 is 9.59 Å². The van der Waals surface area contributed by atoms with E-state index in [9.17, 15) is 9.59 Å². The number of rotatable bonds is 11. The van der Waals surface area contributed by atoms with Crippen molar-refractivity contribution >= 4 is 11.6 Å². The molecule has 0 fully saturated rings. The molecule has 0 heterocycles. The fourth-order valence-corrected chi connectivity index (χ4v) is 2.37. The molecule has 2 heteroatoms. The van der Waals surface area contributed by atoms with E-state index in [2.05, 4.69) is 20.8 Å². The quantitative estimate of drug-likeness (QED) is 0.395. The van der Waals surface area contributed by atoms with Crippen LogP contribution in [0, 0.1) is 5.41 Å². The van der Waals surface area contributed by atoms with E-state index >= 15 is 0 Å². The first-order valence-electron chi connectivity index (χ1n) is 7.49. The van der Waals surface area contributed by atoms with Crippen molar-refractivity contribution in [2.24, 2.45) is 5.41 Å². The van der Waals surface area contributed by atoms with Gasteiger partial charge in [-0.3, -0.25) is 9.59 Å². The highest BCUT2D eigenvalue weighted by atomic mass is 16.1. The smallest absolute Gasteiger partial charge is 0.146 e. The van der Waals surface area contributed by atoms with Gasteiger partial charge in [-0.15, -0.1) is 0 Å². The van der Waals surface area contributed by atoms with E-state index in [1.807, 2.05) is 0 Å². The van der Waals surface area contributed by atoms with Crippen LogP contribution in [0.5, 0.6) is 0 Å². The summed E-state index contributed by atoms with van der Waals surface area (Å²) in [6.07, 6.45) is 8.90. The summed E-state index contributed by atoms with van der Waals surface area (Å²) in [7, 11) is 0. The minimum atomic E-state index is -0.268. The van der Waals surface area contributed by atoms with Crippen LogP contribution in [-0.2, 0) is 9.59 Å². The lowest BCUT2D eigenvalue weighted by Crippen LogP contribution is -2.29. The molecule has 0 aromatic rings. The Kier molecular flexibility index (Phi) is 8.95. The molecule has 18 heavy (non-hydrogen) atoms. The highest BCUT2D eigenvalue weighted by Crippen LogP contribution is 2.33. The summed E-state index contributed by atoms with van der Waals surface area (Å²) in [4.78, 5) is 23.4. The van der Waals surface area contributed by atoms with E-state index in [-0.39, 0.29) is 23.4 Å². The van der Waals surface area contributed by atoms with Crippen LogP contribution in [0.4, 0.5) is 0 Å². The van der Waals surface area contributed by atoms with E-state index in [4.69, 9.17) is 0 Å². The van der Waals surface area contributed by atoms with Crippen LogP contribution in [0.25, 0.3) is 0 Å². The van der Waals surface area contributed by atoms with Crippen LogP contribution in [0.1, 0.15) is 85.5 Å². The Bertz CT molecular complexity index is 246. The number of carbonyl (C=O) groups excluding carboxylic acids is 2. The molecule has 0 rings (SSSR count). The van der Waals surface area contributed by atoms with Crippen molar-refractivity contribution in [3.05, 3.63) is 0 Å². The van der Waals surface area contributed by atoms with Crippen molar-refractivity contribution in [1.82, 2.24) is 0 Å². The second-order valence-electron chi connectivity index (χ2n) is 5.78. The summed E-state index contributed by atoms with van der Waals surface area (Å²) in [5.41, 5.74) is -0.268. The number of carbonyl (C=O) groups is 2. The van der Waals surface area contributed by atoms with Gasteiger partial charge in [0.25, 0.3) is 0 Å². The lowest BCUT2D eigenvalue weighted by atomic mass is 9.75. The standard InChI is InChI=1S/C16H30O2/c1-5-7-9-11-16(4,12-10-8-6-2)15(18)13-14(3)17/h5-13H2,1-4H3. The van der Waals surface area contributed by atoms with Crippen molar-refractivity contribution in [3.8, 4) is 0 Å². The molecule has 0 radical (unpaired) electrons. The number of Topliss-reactive ketones (excluding diaryl/α,β-unsaturated/α-hetero) is 2. The van der Waals surface area contributed by atoms with E-state index in [1.54, 1.807) is 0 Å². The van der Waals surface area contributed by atoms with Gasteiger partial charge in [0, 0.05) is 5.41 Å². The van der Waals surface area contributed by atoms with Crippen LogP contribution >= 0.6 is 0 Å². The highest BCUT2D eigenvalue weighted by Gasteiger charge is 2.31. The molecule has 0 aliphatic rings. The van der Waals surface area contributed by atoms with Crippen LogP contribution in [0.15, 0.2) is 0 Å². The zero-order valence-electron chi connectivity index (χ0n) is 12.7. The Labute approximate surface area is 113 Å². The predicted molar refractivity (Wildman–Crippen MR) is 76.7 cm³/mol. The minimum Gasteiger partial charge on any atom is -0.300 e. The molecule has 0 amide bonds. The number of ketones is 2. The Morgan fingerprint density at radius 1 is 0.889 bits per heavy atom. The first-order valence-corrected chi connectivity index (χ1v) is 7.49.